The molecular weight excluding hydrogens is 510 g/mol. The minimum absolute atomic E-state index is 0.299. The molecule has 0 aliphatic carbocycles. The van der Waals surface area contributed by atoms with E-state index in [2.05, 4.69) is 46.5 Å². The molecule has 2 heterocycles. The van der Waals surface area contributed by atoms with Crippen molar-refractivity contribution in [1.29, 1.82) is 0 Å². The van der Waals surface area contributed by atoms with Crippen molar-refractivity contribution in [1.82, 2.24) is 4.98 Å². The zero-order valence-electron chi connectivity index (χ0n) is 26.7. The quantitative estimate of drug-likeness (QED) is 0.153. The summed E-state index contributed by atoms with van der Waals surface area (Å²) in [4.78, 5) is 17.0. The molecule has 0 aliphatic rings. The molecule has 1 atom stereocenters. The van der Waals surface area contributed by atoms with E-state index in [1.165, 1.54) is 57.8 Å². The third-order valence-electron chi connectivity index (χ3n) is 8.33. The van der Waals surface area contributed by atoms with Crippen LogP contribution in [-0.2, 0) is 0 Å². The summed E-state index contributed by atoms with van der Waals surface area (Å²) in [5.41, 5.74) is 1.99. The molecule has 0 bridgehead atoms. The fourth-order valence-electron chi connectivity index (χ4n) is 5.93. The van der Waals surface area contributed by atoms with Crippen molar-refractivity contribution in [2.24, 2.45) is 16.7 Å². The highest BCUT2D eigenvalue weighted by Gasteiger charge is 2.30. The van der Waals surface area contributed by atoms with E-state index >= 15 is 0 Å². The van der Waals surface area contributed by atoms with E-state index in [1.54, 1.807) is 7.11 Å². The maximum Gasteiger partial charge on any atom is 0.345 e. The van der Waals surface area contributed by atoms with Gasteiger partial charge in [-0.05, 0) is 59.4 Å². The Morgan fingerprint density at radius 3 is 2.05 bits per heavy atom. The molecule has 0 aliphatic heterocycles. The lowest BCUT2D eigenvalue weighted by Crippen LogP contribution is -2.27. The fourth-order valence-corrected chi connectivity index (χ4v) is 5.93. The van der Waals surface area contributed by atoms with Crippen LogP contribution in [0.5, 0.6) is 11.6 Å². The lowest BCUT2D eigenvalue weighted by molar-refractivity contribution is 0.132. The number of hydrogen-bond donors (Lipinski definition) is 0. The topological polar surface area (TPSA) is 61.6 Å². The molecule has 3 aromatic rings. The van der Waals surface area contributed by atoms with Gasteiger partial charge in [0.15, 0.2) is 0 Å². The molecule has 2 aromatic heterocycles. The lowest BCUT2D eigenvalue weighted by atomic mass is 9.68. The van der Waals surface area contributed by atoms with Crippen LogP contribution < -0.4 is 15.1 Å². The van der Waals surface area contributed by atoms with Gasteiger partial charge in [0, 0.05) is 11.5 Å². The lowest BCUT2D eigenvalue weighted by Gasteiger charge is -2.37. The Morgan fingerprint density at radius 1 is 0.829 bits per heavy atom. The first kappa shape index (κ1) is 32.7. The highest BCUT2D eigenvalue weighted by molar-refractivity contribution is 5.79. The second-order valence-corrected chi connectivity index (χ2v) is 13.7. The molecular formula is C36H53NO4. The van der Waals surface area contributed by atoms with E-state index in [4.69, 9.17) is 13.9 Å². The number of pyridine rings is 1. The van der Waals surface area contributed by atoms with Gasteiger partial charge < -0.3 is 13.9 Å². The maximum atomic E-state index is 12.6. The van der Waals surface area contributed by atoms with Gasteiger partial charge in [-0.2, -0.15) is 4.98 Å². The summed E-state index contributed by atoms with van der Waals surface area (Å²) >= 11 is 0. The summed E-state index contributed by atoms with van der Waals surface area (Å²) in [6.07, 6.45) is 14.1. The van der Waals surface area contributed by atoms with Crippen LogP contribution in [0.3, 0.4) is 0 Å². The van der Waals surface area contributed by atoms with Crippen LogP contribution in [0.2, 0.25) is 0 Å². The minimum Gasteiger partial charge on any atom is -0.497 e. The Hall–Kier alpha value is -2.82. The molecule has 0 radical (unpaired) electrons. The number of benzene rings is 1. The summed E-state index contributed by atoms with van der Waals surface area (Å²) in [5.74, 6) is 2.02. The first-order valence-corrected chi connectivity index (χ1v) is 15.7. The van der Waals surface area contributed by atoms with Crippen molar-refractivity contribution in [2.45, 2.75) is 112 Å². The van der Waals surface area contributed by atoms with Crippen LogP contribution >= 0.6 is 0 Å². The SMILES string of the molecule is COc1ccc(-c2cc3ccc(OCCCCCCCCCCCC(C)C(C)(C)CC(C)(C)C)nc3oc2=O)cc1. The van der Waals surface area contributed by atoms with Crippen molar-refractivity contribution in [3.63, 3.8) is 0 Å². The Bertz CT molecular complexity index is 1250. The van der Waals surface area contributed by atoms with Gasteiger partial charge in [0.2, 0.25) is 11.6 Å². The van der Waals surface area contributed by atoms with Gasteiger partial charge in [-0.25, -0.2) is 4.79 Å². The normalized spacial score (nSPS) is 13.0. The Morgan fingerprint density at radius 2 is 1.44 bits per heavy atom. The van der Waals surface area contributed by atoms with Crippen molar-refractivity contribution >= 4 is 11.1 Å². The van der Waals surface area contributed by atoms with Crippen LogP contribution in [0.25, 0.3) is 22.2 Å². The zero-order chi connectivity index (χ0) is 29.9. The number of fused-ring (bicyclic) bond motifs is 1. The number of ether oxygens (including phenoxy) is 2. The van der Waals surface area contributed by atoms with E-state index in [1.807, 2.05) is 42.5 Å². The second-order valence-electron chi connectivity index (χ2n) is 13.7. The van der Waals surface area contributed by atoms with Gasteiger partial charge in [-0.15, -0.1) is 0 Å². The molecule has 41 heavy (non-hydrogen) atoms. The molecule has 1 aromatic carbocycles. The molecule has 5 nitrogen and oxygen atoms in total. The third-order valence-corrected chi connectivity index (χ3v) is 8.33. The number of rotatable bonds is 17. The van der Waals surface area contributed by atoms with Gasteiger partial charge in [0.25, 0.3) is 0 Å². The summed E-state index contributed by atoms with van der Waals surface area (Å²) < 4.78 is 16.6. The molecule has 0 saturated heterocycles. The average molecular weight is 564 g/mol. The second kappa shape index (κ2) is 15.4. The molecule has 0 fully saturated rings. The van der Waals surface area contributed by atoms with E-state index in [-0.39, 0.29) is 0 Å². The van der Waals surface area contributed by atoms with E-state index < -0.39 is 5.63 Å². The minimum atomic E-state index is -0.415. The van der Waals surface area contributed by atoms with Crippen LogP contribution in [0.1, 0.15) is 112 Å². The summed E-state index contributed by atoms with van der Waals surface area (Å²) in [7, 11) is 1.62. The number of unbranched alkanes of at least 4 members (excludes halogenated alkanes) is 8. The van der Waals surface area contributed by atoms with Crippen molar-refractivity contribution in [3.8, 4) is 22.8 Å². The van der Waals surface area contributed by atoms with Crippen LogP contribution in [0.15, 0.2) is 51.7 Å². The van der Waals surface area contributed by atoms with Gasteiger partial charge >= 0.3 is 5.63 Å². The Labute approximate surface area is 248 Å². The summed E-state index contributed by atoms with van der Waals surface area (Å²) in [6, 6.07) is 12.9. The van der Waals surface area contributed by atoms with Crippen molar-refractivity contribution in [2.75, 3.05) is 13.7 Å². The molecule has 0 N–H and O–H groups in total. The van der Waals surface area contributed by atoms with Crippen LogP contribution in [0.4, 0.5) is 0 Å². The fraction of sp³-hybridized carbons (Fsp3) is 0.611. The zero-order valence-corrected chi connectivity index (χ0v) is 26.7. The predicted octanol–water partition coefficient (Wildman–Crippen LogP) is 10.2. The van der Waals surface area contributed by atoms with Gasteiger partial charge in [-0.1, -0.05) is 111 Å². The number of hydrogen-bond acceptors (Lipinski definition) is 5. The highest BCUT2D eigenvalue weighted by Crippen LogP contribution is 2.41. The molecule has 0 amide bonds. The Kier molecular flexibility index (Phi) is 12.3. The first-order chi connectivity index (χ1) is 19.5. The van der Waals surface area contributed by atoms with Gasteiger partial charge in [0.05, 0.1) is 19.3 Å². The largest absolute Gasteiger partial charge is 0.497 e. The summed E-state index contributed by atoms with van der Waals surface area (Å²) in [6.45, 7) is 15.0. The van der Waals surface area contributed by atoms with Gasteiger partial charge in [-0.3, -0.25) is 0 Å². The van der Waals surface area contributed by atoms with Crippen LogP contribution in [0, 0.1) is 16.7 Å². The first-order valence-electron chi connectivity index (χ1n) is 15.7. The van der Waals surface area contributed by atoms with Crippen molar-refractivity contribution < 1.29 is 13.9 Å². The number of nitrogens with zero attached hydrogens (tertiary/aromatic N) is 1. The van der Waals surface area contributed by atoms with Gasteiger partial charge in [0.1, 0.15) is 5.75 Å². The average Bonchev–Trinajstić information content (AvgIpc) is 2.91. The standard InChI is InChI=1S/C36H53NO4/c1-27(36(5,6)26-35(2,3)4)17-15-13-11-9-8-10-12-14-16-24-40-32-23-20-29-25-31(34(38)41-33(29)37-32)28-18-21-30(39-7)22-19-28/h18-23,25,27H,8-17,24,26H2,1-7H3. The predicted molar refractivity (Wildman–Crippen MR) is 171 cm³/mol. The maximum absolute atomic E-state index is 12.6. The number of methoxy groups -OCH3 is 1. The van der Waals surface area contributed by atoms with E-state index in [0.717, 1.165) is 35.5 Å². The highest BCUT2D eigenvalue weighted by atomic mass is 16.5. The van der Waals surface area contributed by atoms with Crippen molar-refractivity contribution in [3.05, 3.63) is 52.9 Å². The molecule has 226 valence electrons. The monoisotopic (exact) mass is 563 g/mol. The van der Waals surface area contributed by atoms with E-state index in [0.29, 0.717) is 34.6 Å². The van der Waals surface area contributed by atoms with E-state index in [9.17, 15) is 4.79 Å². The third kappa shape index (κ3) is 10.8. The van der Waals surface area contributed by atoms with Crippen LogP contribution in [-0.4, -0.2) is 18.7 Å². The number of aromatic nitrogens is 1. The molecule has 1 unspecified atom stereocenters. The summed E-state index contributed by atoms with van der Waals surface area (Å²) in [5, 5.41) is 0.765. The smallest absolute Gasteiger partial charge is 0.345 e. The molecule has 5 heteroatoms. The molecule has 0 spiro atoms. The molecule has 0 saturated carbocycles. The Balaban J connectivity index is 1.27. The molecule has 3 rings (SSSR count).